The molecule has 3 aromatic rings. The maximum atomic E-state index is 13.3. The normalized spacial score (nSPS) is 20.8. The molecule has 2 fully saturated rings. The van der Waals surface area contributed by atoms with E-state index in [0.29, 0.717) is 18.4 Å². The summed E-state index contributed by atoms with van der Waals surface area (Å²) in [7, 11) is 1.96. The molecular formula is C37H45N3O3. The zero-order valence-corrected chi connectivity index (χ0v) is 25.6. The maximum absolute atomic E-state index is 13.3. The molecule has 6 heteroatoms. The zero-order valence-electron chi connectivity index (χ0n) is 25.6. The van der Waals surface area contributed by atoms with Crippen LogP contribution in [0.15, 0.2) is 97.6 Å². The van der Waals surface area contributed by atoms with Gasteiger partial charge >= 0.3 is 6.09 Å². The third kappa shape index (κ3) is 7.74. The molecule has 2 aliphatic rings. The Morgan fingerprint density at radius 1 is 0.930 bits per heavy atom. The molecule has 5 rings (SSSR count). The third-order valence-corrected chi connectivity index (χ3v) is 9.28. The number of hydrogen-bond acceptors (Lipinski definition) is 4. The van der Waals surface area contributed by atoms with Crippen LogP contribution >= 0.6 is 0 Å². The SMILES string of the molecule is C=CCN(C(=O)OCc1cccc(C)c1)C1CCN(C[C@H]2CC(N(C)C(=O)c3ccccc3)C[C@@H]2c2ccccc2)CC1. The summed E-state index contributed by atoms with van der Waals surface area (Å²) in [6, 6.07) is 28.8. The van der Waals surface area contributed by atoms with Crippen LogP contribution in [0.3, 0.4) is 0 Å². The van der Waals surface area contributed by atoms with Crippen LogP contribution in [0.1, 0.15) is 58.6 Å². The molecular weight excluding hydrogens is 534 g/mol. The number of amides is 2. The topological polar surface area (TPSA) is 53.1 Å². The van der Waals surface area contributed by atoms with Crippen LogP contribution < -0.4 is 0 Å². The number of benzene rings is 3. The molecule has 43 heavy (non-hydrogen) atoms. The van der Waals surface area contributed by atoms with E-state index in [9.17, 15) is 9.59 Å². The molecule has 0 spiro atoms. The number of likely N-dealkylation sites (tertiary alicyclic amines) is 1. The summed E-state index contributed by atoms with van der Waals surface area (Å²) in [5, 5.41) is 0. The lowest BCUT2D eigenvalue weighted by Gasteiger charge is -2.39. The Balaban J connectivity index is 1.20. The minimum absolute atomic E-state index is 0.0930. The van der Waals surface area contributed by atoms with Crippen molar-refractivity contribution in [2.24, 2.45) is 5.92 Å². The van der Waals surface area contributed by atoms with E-state index in [0.717, 1.165) is 62.0 Å². The summed E-state index contributed by atoms with van der Waals surface area (Å²) >= 11 is 0. The largest absolute Gasteiger partial charge is 0.445 e. The second kappa shape index (κ2) is 14.5. The van der Waals surface area contributed by atoms with Crippen molar-refractivity contribution in [3.63, 3.8) is 0 Å². The second-order valence-electron chi connectivity index (χ2n) is 12.2. The van der Waals surface area contributed by atoms with Gasteiger partial charge in [-0.05, 0) is 67.7 Å². The lowest BCUT2D eigenvalue weighted by atomic mass is 9.88. The number of nitrogens with zero attached hydrogens (tertiary/aromatic N) is 3. The molecule has 1 saturated carbocycles. The predicted molar refractivity (Wildman–Crippen MR) is 172 cm³/mol. The minimum Gasteiger partial charge on any atom is -0.445 e. The first-order valence-corrected chi connectivity index (χ1v) is 15.6. The van der Waals surface area contributed by atoms with E-state index < -0.39 is 0 Å². The number of aryl methyl sites for hydroxylation is 1. The van der Waals surface area contributed by atoms with E-state index in [1.54, 1.807) is 6.08 Å². The van der Waals surface area contributed by atoms with Crippen molar-refractivity contribution in [2.75, 3.05) is 33.2 Å². The Morgan fingerprint density at radius 2 is 1.63 bits per heavy atom. The van der Waals surface area contributed by atoms with Gasteiger partial charge < -0.3 is 19.4 Å². The summed E-state index contributed by atoms with van der Waals surface area (Å²) in [5.41, 5.74) is 4.26. The Bertz CT molecular complexity index is 1350. The molecule has 0 radical (unpaired) electrons. The fourth-order valence-electron chi connectivity index (χ4n) is 6.96. The first-order valence-electron chi connectivity index (χ1n) is 15.6. The van der Waals surface area contributed by atoms with E-state index in [1.807, 2.05) is 72.3 Å². The molecule has 1 aliphatic heterocycles. The molecule has 0 N–H and O–H groups in total. The highest BCUT2D eigenvalue weighted by molar-refractivity contribution is 5.94. The highest BCUT2D eigenvalue weighted by Crippen LogP contribution is 2.42. The third-order valence-electron chi connectivity index (χ3n) is 9.28. The number of piperidine rings is 1. The van der Waals surface area contributed by atoms with E-state index in [1.165, 1.54) is 5.56 Å². The molecule has 3 aromatic carbocycles. The number of hydrogen-bond donors (Lipinski definition) is 0. The summed E-state index contributed by atoms with van der Waals surface area (Å²) in [6.07, 6.45) is 5.30. The molecule has 1 unspecified atom stereocenters. The van der Waals surface area contributed by atoms with Crippen molar-refractivity contribution in [3.05, 3.63) is 120 Å². The summed E-state index contributed by atoms with van der Waals surface area (Å²) < 4.78 is 5.73. The number of rotatable bonds is 10. The predicted octanol–water partition coefficient (Wildman–Crippen LogP) is 6.92. The van der Waals surface area contributed by atoms with Gasteiger partial charge in [-0.3, -0.25) is 4.79 Å². The lowest BCUT2D eigenvalue weighted by molar-refractivity contribution is 0.0621. The highest BCUT2D eigenvalue weighted by atomic mass is 16.6. The molecule has 3 atom stereocenters. The van der Waals surface area contributed by atoms with Crippen molar-refractivity contribution in [2.45, 2.75) is 57.2 Å². The molecule has 0 bridgehead atoms. The van der Waals surface area contributed by atoms with E-state index >= 15 is 0 Å². The molecule has 1 heterocycles. The number of ether oxygens (including phenoxy) is 1. The highest BCUT2D eigenvalue weighted by Gasteiger charge is 2.40. The number of carbonyl (C=O) groups is 2. The van der Waals surface area contributed by atoms with Gasteiger partial charge in [0.25, 0.3) is 5.91 Å². The summed E-state index contributed by atoms with van der Waals surface area (Å²) in [4.78, 5) is 32.8. The maximum Gasteiger partial charge on any atom is 0.410 e. The Kier molecular flexibility index (Phi) is 10.3. The van der Waals surface area contributed by atoms with Gasteiger partial charge in [0.1, 0.15) is 6.61 Å². The van der Waals surface area contributed by atoms with Crippen LogP contribution in [0, 0.1) is 12.8 Å². The van der Waals surface area contributed by atoms with Crippen LogP contribution in [-0.4, -0.2) is 72.0 Å². The van der Waals surface area contributed by atoms with Crippen LogP contribution in [0.4, 0.5) is 4.79 Å². The Hall–Kier alpha value is -3.90. The lowest BCUT2D eigenvalue weighted by Crippen LogP contribution is -2.48. The average Bonchev–Trinajstić information content (AvgIpc) is 3.46. The second-order valence-corrected chi connectivity index (χ2v) is 12.2. The molecule has 0 aromatic heterocycles. The average molecular weight is 580 g/mol. The monoisotopic (exact) mass is 579 g/mol. The standard InChI is InChI=1S/C37H45N3O3/c1-4-20-40(37(42)43-27-29-13-11-12-28(2)23-29)33-18-21-39(22-19-33)26-32-24-34(25-35(32)30-14-7-5-8-15-30)38(3)36(41)31-16-9-6-10-17-31/h4-17,23,32-35H,1,18-22,24-27H2,2-3H3/t32-,34?,35-/m1/s1. The zero-order chi connectivity index (χ0) is 30.2. The van der Waals surface area contributed by atoms with Gasteiger partial charge in [-0.15, -0.1) is 6.58 Å². The van der Waals surface area contributed by atoms with Crippen molar-refractivity contribution in [1.82, 2.24) is 14.7 Å². The van der Waals surface area contributed by atoms with Crippen LogP contribution in [0.2, 0.25) is 0 Å². The summed E-state index contributed by atoms with van der Waals surface area (Å²) in [5.74, 6) is 0.956. The Morgan fingerprint density at radius 3 is 2.30 bits per heavy atom. The fraction of sp³-hybridized carbons (Fsp3) is 0.405. The van der Waals surface area contributed by atoms with E-state index in [4.69, 9.17) is 4.74 Å². The smallest absolute Gasteiger partial charge is 0.410 e. The van der Waals surface area contributed by atoms with Gasteiger partial charge in [-0.2, -0.15) is 0 Å². The van der Waals surface area contributed by atoms with Crippen LogP contribution in [0.5, 0.6) is 0 Å². The van der Waals surface area contributed by atoms with Crippen molar-refractivity contribution in [3.8, 4) is 0 Å². The molecule has 2 amide bonds. The molecule has 226 valence electrons. The summed E-state index contributed by atoms with van der Waals surface area (Å²) in [6.45, 7) is 9.56. The van der Waals surface area contributed by atoms with Crippen molar-refractivity contribution >= 4 is 12.0 Å². The number of carbonyl (C=O) groups excluding carboxylic acids is 2. The van der Waals surface area contributed by atoms with Gasteiger partial charge in [0, 0.05) is 50.9 Å². The van der Waals surface area contributed by atoms with Gasteiger partial charge in [-0.1, -0.05) is 84.4 Å². The van der Waals surface area contributed by atoms with Crippen molar-refractivity contribution < 1.29 is 14.3 Å². The van der Waals surface area contributed by atoms with Crippen molar-refractivity contribution in [1.29, 1.82) is 0 Å². The van der Waals surface area contributed by atoms with Gasteiger partial charge in [0.2, 0.25) is 0 Å². The van der Waals surface area contributed by atoms with Crippen LogP contribution in [-0.2, 0) is 11.3 Å². The van der Waals surface area contributed by atoms with Gasteiger partial charge in [0.05, 0.1) is 0 Å². The fourth-order valence-corrected chi connectivity index (χ4v) is 6.96. The minimum atomic E-state index is -0.270. The Labute approximate surface area is 256 Å². The quantitative estimate of drug-likeness (QED) is 0.245. The van der Waals surface area contributed by atoms with Gasteiger partial charge in [-0.25, -0.2) is 4.79 Å². The van der Waals surface area contributed by atoms with Gasteiger partial charge in [0.15, 0.2) is 0 Å². The van der Waals surface area contributed by atoms with E-state index in [-0.39, 0.29) is 30.7 Å². The molecule has 6 nitrogen and oxygen atoms in total. The first-order chi connectivity index (χ1) is 20.9. The first kappa shape index (κ1) is 30.6. The van der Waals surface area contributed by atoms with Crippen LogP contribution in [0.25, 0.3) is 0 Å². The molecule has 1 saturated heterocycles. The molecule has 1 aliphatic carbocycles. The van der Waals surface area contributed by atoms with E-state index in [2.05, 4.69) is 47.9 Å².